The Bertz CT molecular complexity index is 731. The fraction of sp³-hybridized carbons (Fsp3) is 0.238. The minimum atomic E-state index is 0.497. The molecule has 1 nitrogen and oxygen atoms in total. The molecule has 0 bridgehead atoms. The molecule has 2 aromatic carbocycles. The number of thioether (sulfide) groups is 1. The zero-order chi connectivity index (χ0) is 16.9. The highest BCUT2D eigenvalue weighted by atomic mass is 79.9. The molecule has 0 N–H and O–H groups in total. The molecule has 0 aromatic heterocycles. The van der Waals surface area contributed by atoms with Crippen LogP contribution in [-0.2, 0) is 6.42 Å². The van der Waals surface area contributed by atoms with E-state index in [1.165, 1.54) is 16.7 Å². The normalized spacial score (nSPS) is 19.9. The van der Waals surface area contributed by atoms with Crippen LogP contribution in [0.1, 0.15) is 11.1 Å². The lowest BCUT2D eigenvalue weighted by Gasteiger charge is -2.25. The zero-order valence-electron chi connectivity index (χ0n) is 13.9. The van der Waals surface area contributed by atoms with Crippen molar-refractivity contribution in [3.8, 4) is 5.75 Å². The third kappa shape index (κ3) is 4.14. The van der Waals surface area contributed by atoms with E-state index in [9.17, 15) is 0 Å². The number of allylic oxidation sites excluding steroid dienone is 3. The molecule has 24 heavy (non-hydrogen) atoms. The molecule has 0 radical (unpaired) electrons. The minimum absolute atomic E-state index is 0.497. The van der Waals surface area contributed by atoms with E-state index < -0.39 is 0 Å². The van der Waals surface area contributed by atoms with Gasteiger partial charge in [-0.1, -0.05) is 58.4 Å². The molecular weight excluding hydrogens is 380 g/mol. The Morgan fingerprint density at radius 1 is 1.04 bits per heavy atom. The van der Waals surface area contributed by atoms with Crippen molar-refractivity contribution in [1.29, 1.82) is 0 Å². The molecule has 0 fully saturated rings. The number of hydrogen-bond acceptors (Lipinski definition) is 2. The van der Waals surface area contributed by atoms with Crippen LogP contribution in [0.4, 0.5) is 0 Å². The lowest BCUT2D eigenvalue weighted by molar-refractivity contribution is 0.414. The number of halogens is 1. The van der Waals surface area contributed by atoms with E-state index >= 15 is 0 Å². The van der Waals surface area contributed by atoms with Crippen molar-refractivity contribution in [3.63, 3.8) is 0 Å². The summed E-state index contributed by atoms with van der Waals surface area (Å²) in [7, 11) is 1.71. The Morgan fingerprint density at radius 2 is 1.75 bits per heavy atom. The monoisotopic (exact) mass is 400 g/mol. The Morgan fingerprint density at radius 3 is 2.38 bits per heavy atom. The molecule has 1 aliphatic carbocycles. The quantitative estimate of drug-likeness (QED) is 0.608. The van der Waals surface area contributed by atoms with Crippen molar-refractivity contribution >= 4 is 33.3 Å². The number of rotatable bonds is 5. The van der Waals surface area contributed by atoms with Crippen LogP contribution >= 0.6 is 27.7 Å². The molecule has 0 heterocycles. The summed E-state index contributed by atoms with van der Waals surface area (Å²) in [6.45, 7) is 0. The topological polar surface area (TPSA) is 9.23 Å². The van der Waals surface area contributed by atoms with Gasteiger partial charge in [0.2, 0.25) is 0 Å². The summed E-state index contributed by atoms with van der Waals surface area (Å²) in [5.74, 6) is 1.41. The summed E-state index contributed by atoms with van der Waals surface area (Å²) in [4.78, 5) is 0. The van der Waals surface area contributed by atoms with E-state index in [-0.39, 0.29) is 0 Å². The SMILES string of the molecule is COc1ccc(CC2C=C(c3ccc(Br)cc3)C=CC2SC)cc1. The summed E-state index contributed by atoms with van der Waals surface area (Å²) < 4.78 is 6.37. The third-order valence-electron chi connectivity index (χ3n) is 4.36. The van der Waals surface area contributed by atoms with Gasteiger partial charge in [-0.05, 0) is 59.6 Å². The highest BCUT2D eigenvalue weighted by Gasteiger charge is 2.21. The van der Waals surface area contributed by atoms with E-state index in [2.05, 4.69) is 76.8 Å². The molecule has 2 aromatic rings. The fourth-order valence-electron chi connectivity index (χ4n) is 3.02. The summed E-state index contributed by atoms with van der Waals surface area (Å²) in [6, 6.07) is 17.0. The van der Waals surface area contributed by atoms with Gasteiger partial charge in [-0.15, -0.1) is 0 Å². The second-order valence-corrected chi connectivity index (χ2v) is 7.84. The minimum Gasteiger partial charge on any atom is -0.497 e. The standard InChI is InChI=1S/C21H21BrOS/c1-23-20-10-3-15(4-11-20)13-18-14-17(7-12-21(18)24-2)16-5-8-19(22)9-6-16/h3-12,14,18,21H,13H2,1-2H3. The van der Waals surface area contributed by atoms with Crippen molar-refractivity contribution in [2.45, 2.75) is 11.7 Å². The molecule has 3 rings (SSSR count). The van der Waals surface area contributed by atoms with Gasteiger partial charge in [0.05, 0.1) is 7.11 Å². The molecule has 0 aliphatic heterocycles. The van der Waals surface area contributed by atoms with Crippen LogP contribution in [0, 0.1) is 5.92 Å². The Hall–Kier alpha value is -1.45. The Balaban J connectivity index is 1.82. The number of methoxy groups -OCH3 is 1. The second-order valence-electron chi connectivity index (χ2n) is 5.90. The van der Waals surface area contributed by atoms with Crippen molar-refractivity contribution in [3.05, 3.63) is 82.4 Å². The van der Waals surface area contributed by atoms with Crippen molar-refractivity contribution in [1.82, 2.24) is 0 Å². The highest BCUT2D eigenvalue weighted by Crippen LogP contribution is 2.33. The molecule has 0 saturated carbocycles. The Kier molecular flexibility index (Phi) is 5.85. The van der Waals surface area contributed by atoms with Crippen molar-refractivity contribution in [2.24, 2.45) is 5.92 Å². The first kappa shape index (κ1) is 17.4. The smallest absolute Gasteiger partial charge is 0.118 e. The second kappa shape index (κ2) is 8.09. The molecular formula is C21H21BrOS. The number of benzene rings is 2. The van der Waals surface area contributed by atoms with Gasteiger partial charge in [-0.3, -0.25) is 0 Å². The van der Waals surface area contributed by atoms with Crippen LogP contribution in [0.3, 0.4) is 0 Å². The first-order chi connectivity index (χ1) is 11.7. The summed E-state index contributed by atoms with van der Waals surface area (Å²) >= 11 is 5.42. The predicted octanol–water partition coefficient (Wildman–Crippen LogP) is 6.00. The number of hydrogen-bond donors (Lipinski definition) is 0. The van der Waals surface area contributed by atoms with Gasteiger partial charge in [0.15, 0.2) is 0 Å². The van der Waals surface area contributed by atoms with Gasteiger partial charge in [0, 0.05) is 9.72 Å². The van der Waals surface area contributed by atoms with E-state index in [1.807, 2.05) is 23.9 Å². The maximum absolute atomic E-state index is 5.25. The maximum Gasteiger partial charge on any atom is 0.118 e. The average molecular weight is 401 g/mol. The Labute approximate surface area is 156 Å². The van der Waals surface area contributed by atoms with Crippen LogP contribution < -0.4 is 4.74 Å². The maximum atomic E-state index is 5.25. The number of ether oxygens (including phenoxy) is 1. The van der Waals surface area contributed by atoms with Gasteiger partial charge >= 0.3 is 0 Å². The van der Waals surface area contributed by atoms with Crippen molar-refractivity contribution in [2.75, 3.05) is 13.4 Å². The highest BCUT2D eigenvalue weighted by molar-refractivity contribution is 9.10. The fourth-order valence-corrected chi connectivity index (χ4v) is 4.04. The van der Waals surface area contributed by atoms with Crippen LogP contribution in [-0.4, -0.2) is 18.6 Å². The van der Waals surface area contributed by atoms with Gasteiger partial charge < -0.3 is 4.74 Å². The van der Waals surface area contributed by atoms with Crippen molar-refractivity contribution < 1.29 is 4.74 Å². The third-order valence-corrected chi connectivity index (χ3v) is 5.94. The molecule has 0 amide bonds. The summed E-state index contributed by atoms with van der Waals surface area (Å²) in [5, 5.41) is 0.520. The predicted molar refractivity (Wildman–Crippen MR) is 109 cm³/mol. The molecule has 1 aliphatic rings. The first-order valence-corrected chi connectivity index (χ1v) is 10.1. The molecule has 3 heteroatoms. The molecule has 2 atom stereocenters. The van der Waals surface area contributed by atoms with E-state index in [0.717, 1.165) is 16.6 Å². The first-order valence-electron chi connectivity index (χ1n) is 8.01. The summed E-state index contributed by atoms with van der Waals surface area (Å²) in [5.41, 5.74) is 3.93. The molecule has 0 saturated heterocycles. The molecule has 2 unspecified atom stereocenters. The lowest BCUT2D eigenvalue weighted by atomic mass is 9.87. The van der Waals surface area contributed by atoms with Crippen LogP contribution in [0.5, 0.6) is 5.75 Å². The molecule has 124 valence electrons. The molecule has 0 spiro atoms. The average Bonchev–Trinajstić information content (AvgIpc) is 2.63. The van der Waals surface area contributed by atoms with E-state index in [0.29, 0.717) is 11.2 Å². The van der Waals surface area contributed by atoms with Gasteiger partial charge in [0.1, 0.15) is 5.75 Å². The van der Waals surface area contributed by atoms with Crippen LogP contribution in [0.15, 0.2) is 71.2 Å². The van der Waals surface area contributed by atoms with Gasteiger partial charge in [-0.2, -0.15) is 11.8 Å². The van der Waals surface area contributed by atoms with Crippen LogP contribution in [0.2, 0.25) is 0 Å². The lowest BCUT2D eigenvalue weighted by Crippen LogP contribution is -2.18. The van der Waals surface area contributed by atoms with Gasteiger partial charge in [-0.25, -0.2) is 0 Å². The van der Waals surface area contributed by atoms with E-state index in [4.69, 9.17) is 4.74 Å². The van der Waals surface area contributed by atoms with E-state index in [1.54, 1.807) is 7.11 Å². The van der Waals surface area contributed by atoms with Crippen LogP contribution in [0.25, 0.3) is 5.57 Å². The zero-order valence-corrected chi connectivity index (χ0v) is 16.3. The van der Waals surface area contributed by atoms with Gasteiger partial charge in [0.25, 0.3) is 0 Å². The largest absolute Gasteiger partial charge is 0.497 e. The summed E-state index contributed by atoms with van der Waals surface area (Å²) in [6.07, 6.45) is 10.3.